The molecule has 1 atom stereocenters. The van der Waals surface area contributed by atoms with Gasteiger partial charge in [-0.25, -0.2) is 4.79 Å². The SMILES string of the molecule is CC1(c2ccco2)NC(=O)N(C[B-](F)(F)F)C1=O.[K+]. The number of amides is 3. The zero-order chi connectivity index (χ0) is 13.6. The topological polar surface area (TPSA) is 62.6 Å². The largest absolute Gasteiger partial charge is 1.00 e. The Balaban J connectivity index is 0.00000180. The van der Waals surface area contributed by atoms with E-state index in [0.717, 1.165) is 0 Å². The summed E-state index contributed by atoms with van der Waals surface area (Å²) in [7, 11) is 0. The van der Waals surface area contributed by atoms with Crippen molar-refractivity contribution >= 4 is 18.9 Å². The minimum atomic E-state index is -5.27. The minimum absolute atomic E-state index is 0. The zero-order valence-corrected chi connectivity index (χ0v) is 13.4. The van der Waals surface area contributed by atoms with Crippen LogP contribution in [-0.2, 0) is 10.3 Å². The van der Waals surface area contributed by atoms with Crippen molar-refractivity contribution in [2.75, 3.05) is 6.44 Å². The van der Waals surface area contributed by atoms with Crippen molar-refractivity contribution in [3.8, 4) is 0 Å². The van der Waals surface area contributed by atoms with Crippen LogP contribution in [0, 0.1) is 0 Å². The summed E-state index contributed by atoms with van der Waals surface area (Å²) in [6, 6.07) is 1.83. The molecule has 0 saturated carbocycles. The molecule has 1 aliphatic heterocycles. The van der Waals surface area contributed by atoms with E-state index in [1.807, 2.05) is 0 Å². The molecule has 0 spiro atoms. The van der Waals surface area contributed by atoms with Crippen LogP contribution in [-0.4, -0.2) is 30.3 Å². The van der Waals surface area contributed by atoms with Crippen LogP contribution >= 0.6 is 0 Å². The summed E-state index contributed by atoms with van der Waals surface area (Å²) >= 11 is 0. The molecular weight excluding hydrogens is 291 g/mol. The van der Waals surface area contributed by atoms with Gasteiger partial charge in [0, 0.05) is 6.44 Å². The molecule has 1 aromatic heterocycles. The van der Waals surface area contributed by atoms with Crippen LogP contribution in [0.25, 0.3) is 0 Å². The maximum atomic E-state index is 12.3. The van der Waals surface area contributed by atoms with Gasteiger partial charge in [-0.05, 0) is 19.1 Å². The summed E-state index contributed by atoms with van der Waals surface area (Å²) in [6.07, 6.45) is -0.280. The number of imide groups is 1. The number of halogens is 3. The molecule has 1 unspecified atom stereocenters. The van der Waals surface area contributed by atoms with Gasteiger partial charge in [-0.2, -0.15) is 0 Å². The van der Waals surface area contributed by atoms with E-state index < -0.39 is 30.9 Å². The quantitative estimate of drug-likeness (QED) is 0.542. The van der Waals surface area contributed by atoms with Crippen LogP contribution < -0.4 is 56.7 Å². The fourth-order valence-electron chi connectivity index (χ4n) is 1.80. The molecule has 1 aliphatic rings. The van der Waals surface area contributed by atoms with Gasteiger partial charge in [-0.3, -0.25) is 9.69 Å². The van der Waals surface area contributed by atoms with Crippen molar-refractivity contribution in [3.63, 3.8) is 0 Å². The van der Waals surface area contributed by atoms with Gasteiger partial charge in [0.25, 0.3) is 5.91 Å². The summed E-state index contributed by atoms with van der Waals surface area (Å²) in [5, 5.41) is 2.21. The third-order valence-electron chi connectivity index (χ3n) is 2.68. The van der Waals surface area contributed by atoms with Gasteiger partial charge in [0.1, 0.15) is 5.76 Å². The molecule has 1 aromatic rings. The molecule has 2 rings (SSSR count). The number of nitrogens with one attached hydrogen (secondary N) is 1. The molecule has 1 saturated heterocycles. The Morgan fingerprint density at radius 1 is 1.42 bits per heavy atom. The van der Waals surface area contributed by atoms with E-state index in [2.05, 4.69) is 5.32 Å². The van der Waals surface area contributed by atoms with Crippen molar-refractivity contribution in [3.05, 3.63) is 24.2 Å². The van der Waals surface area contributed by atoms with E-state index in [9.17, 15) is 22.5 Å². The molecule has 19 heavy (non-hydrogen) atoms. The Labute approximate surface area is 149 Å². The molecule has 0 bridgehead atoms. The maximum absolute atomic E-state index is 12.3. The van der Waals surface area contributed by atoms with E-state index >= 15 is 0 Å². The third kappa shape index (κ3) is 3.24. The average molecular weight is 300 g/mol. The maximum Gasteiger partial charge on any atom is 1.00 e. The molecule has 0 aliphatic carbocycles. The Kier molecular flexibility index (Phi) is 4.94. The standard InChI is InChI=1S/C9H9BF3N2O3.K/c1-9(6-3-2-4-18-6)7(16)15(8(17)14-9)5-10(11,12)13;/h2-4H,5H2,1H3,(H,14,17);/q-1;+1. The number of nitrogens with zero attached hydrogens (tertiary/aromatic N) is 1. The van der Waals surface area contributed by atoms with Crippen molar-refractivity contribution < 1.29 is 78.3 Å². The first-order valence-electron chi connectivity index (χ1n) is 5.13. The zero-order valence-electron chi connectivity index (χ0n) is 10.3. The number of furan rings is 1. The molecule has 2 heterocycles. The van der Waals surface area contributed by atoms with E-state index in [4.69, 9.17) is 4.42 Å². The van der Waals surface area contributed by atoms with Gasteiger partial charge in [-0.1, -0.05) is 0 Å². The molecular formula is C9H9BF3KN2O3. The van der Waals surface area contributed by atoms with E-state index in [-0.39, 0.29) is 62.0 Å². The fraction of sp³-hybridized carbons (Fsp3) is 0.333. The van der Waals surface area contributed by atoms with E-state index in [1.165, 1.54) is 25.3 Å². The number of carbonyl (C=O) groups is 2. The Hall–Kier alpha value is -0.289. The molecule has 0 radical (unpaired) electrons. The van der Waals surface area contributed by atoms with Crippen LogP contribution in [0.2, 0.25) is 0 Å². The predicted molar refractivity (Wildman–Crippen MR) is 55.4 cm³/mol. The van der Waals surface area contributed by atoms with Crippen molar-refractivity contribution in [1.29, 1.82) is 0 Å². The van der Waals surface area contributed by atoms with Crippen LogP contribution in [0.4, 0.5) is 17.7 Å². The molecule has 3 amide bonds. The van der Waals surface area contributed by atoms with Gasteiger partial charge in [0.2, 0.25) is 0 Å². The predicted octanol–water partition coefficient (Wildman–Crippen LogP) is -1.56. The molecule has 1 N–H and O–H groups in total. The number of hydrogen-bond acceptors (Lipinski definition) is 3. The van der Waals surface area contributed by atoms with Crippen LogP contribution in [0.1, 0.15) is 12.7 Å². The summed E-state index contributed by atoms with van der Waals surface area (Å²) in [4.78, 5) is 23.5. The number of rotatable bonds is 3. The number of urea groups is 1. The van der Waals surface area contributed by atoms with Gasteiger partial charge >= 0.3 is 64.4 Å². The summed E-state index contributed by atoms with van der Waals surface area (Å²) in [5.74, 6) is -0.875. The normalized spacial score (nSPS) is 23.3. The number of carbonyl (C=O) groups excluding carboxylic acids is 2. The first-order valence-corrected chi connectivity index (χ1v) is 5.13. The first-order chi connectivity index (χ1) is 8.24. The average Bonchev–Trinajstić information content (AvgIpc) is 2.82. The van der Waals surface area contributed by atoms with Gasteiger partial charge < -0.3 is 22.7 Å². The Morgan fingerprint density at radius 2 is 2.05 bits per heavy atom. The van der Waals surface area contributed by atoms with Crippen LogP contribution in [0.15, 0.2) is 22.8 Å². The second kappa shape index (κ2) is 5.60. The van der Waals surface area contributed by atoms with E-state index in [0.29, 0.717) is 0 Å². The number of hydrogen-bond donors (Lipinski definition) is 1. The van der Waals surface area contributed by atoms with Gasteiger partial charge in [0.05, 0.1) is 6.26 Å². The van der Waals surface area contributed by atoms with Gasteiger partial charge in [-0.15, -0.1) is 0 Å². The Bertz CT molecular complexity index is 493. The van der Waals surface area contributed by atoms with Gasteiger partial charge in [0.15, 0.2) is 5.54 Å². The summed E-state index contributed by atoms with van der Waals surface area (Å²) in [6.45, 7) is -3.97. The monoisotopic (exact) mass is 300 g/mol. The molecule has 98 valence electrons. The molecule has 1 fully saturated rings. The van der Waals surface area contributed by atoms with Crippen molar-refractivity contribution in [2.45, 2.75) is 12.5 Å². The Morgan fingerprint density at radius 3 is 2.53 bits per heavy atom. The summed E-state index contributed by atoms with van der Waals surface area (Å²) in [5.41, 5.74) is -1.58. The van der Waals surface area contributed by atoms with Crippen LogP contribution in [0.5, 0.6) is 0 Å². The second-order valence-electron chi connectivity index (χ2n) is 4.16. The fourth-order valence-corrected chi connectivity index (χ4v) is 1.80. The summed E-state index contributed by atoms with van der Waals surface area (Å²) < 4.78 is 41.9. The van der Waals surface area contributed by atoms with Crippen molar-refractivity contribution in [2.24, 2.45) is 0 Å². The smallest absolute Gasteiger partial charge is 0.466 e. The van der Waals surface area contributed by atoms with E-state index in [1.54, 1.807) is 0 Å². The second-order valence-corrected chi connectivity index (χ2v) is 4.16. The molecule has 0 aromatic carbocycles. The third-order valence-corrected chi connectivity index (χ3v) is 2.68. The molecule has 10 heteroatoms. The first kappa shape index (κ1) is 16.8. The van der Waals surface area contributed by atoms with Crippen molar-refractivity contribution in [1.82, 2.24) is 10.2 Å². The minimum Gasteiger partial charge on any atom is -0.466 e. The molecule has 5 nitrogen and oxygen atoms in total. The van der Waals surface area contributed by atoms with Crippen LogP contribution in [0.3, 0.4) is 0 Å².